The van der Waals surface area contributed by atoms with E-state index in [1.165, 1.54) is 0 Å². The number of esters is 1. The molecular formula is C14H11F15O2. The summed E-state index contributed by atoms with van der Waals surface area (Å²) in [5.74, 6) is -24.6. The van der Waals surface area contributed by atoms with Crippen LogP contribution in [-0.2, 0) is 9.53 Å². The molecule has 0 aromatic carbocycles. The molecule has 0 N–H and O–H groups in total. The number of carbonyl (C=O) groups excluding carboxylic acids is 1. The highest BCUT2D eigenvalue weighted by molar-refractivity contribution is 5.87. The van der Waals surface area contributed by atoms with Crippen LogP contribution in [0.5, 0.6) is 0 Å². The minimum absolute atomic E-state index is 0.220. The Balaban J connectivity index is 5.70. The second kappa shape index (κ2) is 8.96. The van der Waals surface area contributed by atoms with Crippen molar-refractivity contribution >= 4 is 5.97 Å². The van der Waals surface area contributed by atoms with Gasteiger partial charge < -0.3 is 4.74 Å². The molecule has 0 rings (SSSR count). The predicted octanol–water partition coefficient (Wildman–Crippen LogP) is 6.61. The van der Waals surface area contributed by atoms with Gasteiger partial charge in [0.2, 0.25) is 0 Å². The van der Waals surface area contributed by atoms with Gasteiger partial charge in [-0.1, -0.05) is 6.08 Å². The smallest absolute Gasteiger partial charge is 0.393 e. The van der Waals surface area contributed by atoms with Crippen LogP contribution in [0.3, 0.4) is 0 Å². The molecule has 0 fully saturated rings. The second-order valence-electron chi connectivity index (χ2n) is 6.01. The maximum Gasteiger partial charge on any atom is 0.473 e. The molecule has 0 aliphatic heterocycles. The van der Waals surface area contributed by atoms with Gasteiger partial charge in [-0.05, 0) is 13.3 Å². The first kappa shape index (κ1) is 29.2. The number of rotatable bonds is 9. The van der Waals surface area contributed by atoms with Crippen molar-refractivity contribution in [1.29, 1.82) is 0 Å². The minimum atomic E-state index is -7.51. The van der Waals surface area contributed by atoms with Gasteiger partial charge in [-0.15, -0.1) is 0 Å². The van der Waals surface area contributed by atoms with Gasteiger partial charge in [-0.3, -0.25) is 0 Å². The second-order valence-corrected chi connectivity index (χ2v) is 6.01. The van der Waals surface area contributed by atoms with E-state index in [0.717, 1.165) is 0 Å². The van der Waals surface area contributed by atoms with E-state index in [0.29, 0.717) is 6.92 Å². The Morgan fingerprint density at radius 1 is 0.806 bits per heavy atom. The van der Waals surface area contributed by atoms with Crippen molar-refractivity contribution in [1.82, 2.24) is 0 Å². The molecule has 0 aliphatic rings. The molecule has 1 unspecified atom stereocenters. The molecule has 0 spiro atoms. The Kier molecular flexibility index (Phi) is 8.42. The molecule has 0 saturated heterocycles. The molecule has 0 amide bonds. The number of carbonyl (C=O) groups is 1. The lowest BCUT2D eigenvalue weighted by Gasteiger charge is -2.37. The van der Waals surface area contributed by atoms with E-state index in [4.69, 9.17) is 0 Å². The summed E-state index contributed by atoms with van der Waals surface area (Å²) in [5, 5.41) is 0. The van der Waals surface area contributed by atoms with E-state index >= 15 is 0 Å². The van der Waals surface area contributed by atoms with Crippen molar-refractivity contribution in [3.05, 3.63) is 11.6 Å². The predicted molar refractivity (Wildman–Crippen MR) is 70.5 cm³/mol. The summed E-state index contributed by atoms with van der Waals surface area (Å²) in [4.78, 5) is 11.2. The zero-order valence-corrected chi connectivity index (χ0v) is 14.8. The molecule has 2 nitrogen and oxygen atoms in total. The van der Waals surface area contributed by atoms with Crippen molar-refractivity contribution in [3.63, 3.8) is 0 Å². The summed E-state index contributed by atoms with van der Waals surface area (Å²) < 4.78 is 194. The van der Waals surface area contributed by atoms with Gasteiger partial charge in [0, 0.05) is 12.0 Å². The molecule has 0 aliphatic carbocycles. The largest absolute Gasteiger partial charge is 0.473 e. The molecule has 0 heterocycles. The number of ether oxygens (including phenoxy) is 1. The average Bonchev–Trinajstić information content (AvgIpc) is 2.50. The standard InChI is InChI=1S/C14H11F15O2/c1-6(3-2-4-9(16,17)18)8(30)31-14(28,29)13(26,27)12(24,25)11(22,23)7(15)5-10(19,20)21/h3,7H,2,4-5H2,1H3. The van der Waals surface area contributed by atoms with E-state index in [1.54, 1.807) is 0 Å². The first-order valence-corrected chi connectivity index (χ1v) is 7.58. The van der Waals surface area contributed by atoms with Crippen LogP contribution in [0.1, 0.15) is 26.2 Å². The minimum Gasteiger partial charge on any atom is -0.393 e. The van der Waals surface area contributed by atoms with Crippen molar-refractivity contribution < 1.29 is 75.4 Å². The lowest BCUT2D eigenvalue weighted by Crippen LogP contribution is -2.66. The highest BCUT2D eigenvalue weighted by Gasteiger charge is 2.84. The van der Waals surface area contributed by atoms with E-state index in [1.807, 2.05) is 0 Å². The van der Waals surface area contributed by atoms with Crippen LogP contribution in [0, 0.1) is 0 Å². The van der Waals surface area contributed by atoms with Crippen molar-refractivity contribution in [3.8, 4) is 0 Å². The molecular weight excluding hydrogens is 485 g/mol. The van der Waals surface area contributed by atoms with Crippen LogP contribution < -0.4 is 0 Å². The lowest BCUT2D eigenvalue weighted by atomic mass is 9.97. The number of allylic oxidation sites excluding steroid dienone is 1. The highest BCUT2D eigenvalue weighted by atomic mass is 19.4. The Hall–Kier alpha value is -1.84. The summed E-state index contributed by atoms with van der Waals surface area (Å²) in [6.07, 6.45) is -28.5. The maximum absolute atomic E-state index is 13.4. The third kappa shape index (κ3) is 7.08. The van der Waals surface area contributed by atoms with Crippen molar-refractivity contribution in [2.45, 2.75) is 68.6 Å². The van der Waals surface area contributed by atoms with Crippen LogP contribution in [-0.4, -0.2) is 48.4 Å². The van der Waals surface area contributed by atoms with Gasteiger partial charge in [0.05, 0.1) is 6.42 Å². The van der Waals surface area contributed by atoms with Gasteiger partial charge in [-0.25, -0.2) is 9.18 Å². The quantitative estimate of drug-likeness (QED) is 0.204. The number of hydrogen-bond donors (Lipinski definition) is 0. The molecule has 31 heavy (non-hydrogen) atoms. The molecule has 0 aromatic rings. The van der Waals surface area contributed by atoms with Gasteiger partial charge in [-0.2, -0.15) is 61.5 Å². The van der Waals surface area contributed by atoms with Crippen LogP contribution >= 0.6 is 0 Å². The molecule has 17 heteroatoms. The van der Waals surface area contributed by atoms with Crippen molar-refractivity contribution in [2.75, 3.05) is 0 Å². The van der Waals surface area contributed by atoms with Crippen LogP contribution in [0.25, 0.3) is 0 Å². The van der Waals surface area contributed by atoms with Gasteiger partial charge >= 0.3 is 42.2 Å². The zero-order chi connectivity index (χ0) is 25.3. The number of halogens is 15. The van der Waals surface area contributed by atoms with E-state index in [2.05, 4.69) is 4.74 Å². The maximum atomic E-state index is 13.4. The average molecular weight is 496 g/mol. The normalized spacial score (nSPS) is 16.3. The lowest BCUT2D eigenvalue weighted by molar-refractivity contribution is -0.422. The fraction of sp³-hybridized carbons (Fsp3) is 0.786. The van der Waals surface area contributed by atoms with Crippen LogP contribution in [0.2, 0.25) is 0 Å². The third-order valence-corrected chi connectivity index (χ3v) is 3.40. The third-order valence-electron chi connectivity index (χ3n) is 3.40. The summed E-state index contributed by atoms with van der Waals surface area (Å²) in [6, 6.07) is 0. The summed E-state index contributed by atoms with van der Waals surface area (Å²) >= 11 is 0. The summed E-state index contributed by atoms with van der Waals surface area (Å²) in [6.45, 7) is 0.417. The van der Waals surface area contributed by atoms with Gasteiger partial charge in [0.1, 0.15) is 0 Å². The fourth-order valence-electron chi connectivity index (χ4n) is 1.72. The molecule has 184 valence electrons. The topological polar surface area (TPSA) is 26.3 Å². The van der Waals surface area contributed by atoms with Gasteiger partial charge in [0.25, 0.3) is 0 Å². The number of alkyl halides is 15. The molecule has 1 atom stereocenters. The van der Waals surface area contributed by atoms with E-state index in [9.17, 15) is 70.7 Å². The van der Waals surface area contributed by atoms with Crippen LogP contribution in [0.15, 0.2) is 11.6 Å². The van der Waals surface area contributed by atoms with E-state index < -0.39 is 73.2 Å². The van der Waals surface area contributed by atoms with E-state index in [-0.39, 0.29) is 6.08 Å². The Morgan fingerprint density at radius 2 is 1.26 bits per heavy atom. The Morgan fingerprint density at radius 3 is 1.65 bits per heavy atom. The van der Waals surface area contributed by atoms with Crippen LogP contribution in [0.4, 0.5) is 65.9 Å². The zero-order valence-electron chi connectivity index (χ0n) is 14.8. The molecule has 0 aromatic heterocycles. The number of hydrogen-bond acceptors (Lipinski definition) is 2. The molecule has 0 saturated carbocycles. The summed E-state index contributed by atoms with van der Waals surface area (Å²) in [7, 11) is 0. The van der Waals surface area contributed by atoms with Crippen molar-refractivity contribution in [2.24, 2.45) is 0 Å². The highest BCUT2D eigenvalue weighted by Crippen LogP contribution is 2.55. The Bertz CT molecular complexity index is 660. The van der Waals surface area contributed by atoms with Gasteiger partial charge in [0.15, 0.2) is 6.17 Å². The monoisotopic (exact) mass is 496 g/mol. The molecule has 0 bridgehead atoms. The summed E-state index contributed by atoms with van der Waals surface area (Å²) in [5.41, 5.74) is -1.25. The first-order chi connectivity index (χ1) is 13.4. The molecule has 0 radical (unpaired) electrons. The SMILES string of the molecule is CC(=CCCC(F)(F)F)C(=O)OC(F)(F)C(F)(F)C(F)(F)C(F)(F)C(F)CC(F)(F)F. The fourth-order valence-corrected chi connectivity index (χ4v) is 1.72. The first-order valence-electron chi connectivity index (χ1n) is 7.58. The Labute approximate surface area is 163 Å².